The van der Waals surface area contributed by atoms with Crippen molar-refractivity contribution in [2.75, 3.05) is 0 Å². The van der Waals surface area contributed by atoms with Gasteiger partial charge in [0.1, 0.15) is 0 Å². The molecule has 1 unspecified atom stereocenters. The summed E-state index contributed by atoms with van der Waals surface area (Å²) in [5.41, 5.74) is -0.266. The molecule has 0 saturated heterocycles. The smallest absolute Gasteiger partial charge is 0.169 e. The summed E-state index contributed by atoms with van der Waals surface area (Å²) in [5, 5.41) is 0. The normalized spacial score (nSPS) is 14.4. The molecule has 1 nitrogen and oxygen atoms in total. The summed E-state index contributed by atoms with van der Waals surface area (Å²) in [6.45, 7) is 3.76. The van der Waals surface area contributed by atoms with E-state index in [0.717, 1.165) is 6.42 Å². The molecular weight excluding hydrogens is 124 g/mol. The molecule has 0 aliphatic rings. The van der Waals surface area contributed by atoms with Gasteiger partial charge in [-0.05, 0) is 19.4 Å². The van der Waals surface area contributed by atoms with Gasteiger partial charge in [-0.25, -0.2) is 0 Å². The zero-order valence-corrected chi connectivity index (χ0v) is 5.90. The van der Waals surface area contributed by atoms with Gasteiger partial charge in [0.25, 0.3) is 0 Å². The zero-order valence-electron chi connectivity index (χ0n) is 5.15. The van der Waals surface area contributed by atoms with Gasteiger partial charge in [-0.3, -0.25) is 0 Å². The van der Waals surface area contributed by atoms with Crippen LogP contribution in [0.1, 0.15) is 20.3 Å². The second-order valence-electron chi connectivity index (χ2n) is 1.39. The van der Waals surface area contributed by atoms with Crippen molar-refractivity contribution in [1.82, 2.24) is 0 Å². The maximum absolute atomic E-state index is 5.41. The second-order valence-corrected chi connectivity index (χ2v) is 2.01. The SMILES string of the molecule is CC/C=[C]\OC(C)Cl. The highest BCUT2D eigenvalue weighted by Gasteiger charge is 1.87. The van der Waals surface area contributed by atoms with Crippen LogP contribution in [0.5, 0.6) is 0 Å². The number of allylic oxidation sites excluding steroid dienone is 1. The summed E-state index contributed by atoms with van der Waals surface area (Å²) in [6.07, 6.45) is 5.30. The van der Waals surface area contributed by atoms with Crippen LogP contribution in [0.2, 0.25) is 0 Å². The van der Waals surface area contributed by atoms with Crippen molar-refractivity contribution >= 4 is 11.6 Å². The van der Waals surface area contributed by atoms with Crippen LogP contribution in [0.25, 0.3) is 0 Å². The quantitative estimate of drug-likeness (QED) is 0.424. The molecule has 2 heteroatoms. The van der Waals surface area contributed by atoms with E-state index in [4.69, 9.17) is 16.3 Å². The number of ether oxygens (including phenoxy) is 1. The Bertz CT molecular complexity index is 68.9. The fourth-order valence-corrected chi connectivity index (χ4v) is 0.277. The first-order valence-electron chi connectivity index (χ1n) is 2.64. The Labute approximate surface area is 55.3 Å². The molecule has 0 heterocycles. The van der Waals surface area contributed by atoms with Crippen LogP contribution in [0.15, 0.2) is 6.08 Å². The predicted octanol–water partition coefficient (Wildman–Crippen LogP) is 2.31. The Hall–Kier alpha value is -0.170. The Morgan fingerprint density at radius 2 is 2.50 bits per heavy atom. The Kier molecular flexibility index (Phi) is 4.87. The van der Waals surface area contributed by atoms with Crippen LogP contribution < -0.4 is 0 Å². The number of hydrogen-bond donors (Lipinski definition) is 0. The summed E-state index contributed by atoms with van der Waals surface area (Å²) in [4.78, 5) is 0. The van der Waals surface area contributed by atoms with Gasteiger partial charge in [0.2, 0.25) is 0 Å². The van der Waals surface area contributed by atoms with Crippen molar-refractivity contribution in [2.45, 2.75) is 25.8 Å². The number of rotatable bonds is 3. The van der Waals surface area contributed by atoms with Crippen LogP contribution in [-0.4, -0.2) is 5.56 Å². The minimum Gasteiger partial charge on any atom is -0.471 e. The van der Waals surface area contributed by atoms with Crippen molar-refractivity contribution in [3.05, 3.63) is 12.3 Å². The van der Waals surface area contributed by atoms with Crippen LogP contribution in [0, 0.1) is 6.26 Å². The van der Waals surface area contributed by atoms with Gasteiger partial charge in [-0.15, -0.1) is 0 Å². The molecule has 0 aromatic carbocycles. The lowest BCUT2D eigenvalue weighted by atomic mass is 10.5. The number of hydrogen-bond acceptors (Lipinski definition) is 1. The summed E-state index contributed by atoms with van der Waals surface area (Å²) in [5.74, 6) is 0. The average molecular weight is 134 g/mol. The fourth-order valence-electron chi connectivity index (χ4n) is 0.225. The van der Waals surface area contributed by atoms with Gasteiger partial charge in [-0.2, -0.15) is 0 Å². The van der Waals surface area contributed by atoms with Crippen LogP contribution >= 0.6 is 11.6 Å². The van der Waals surface area contributed by atoms with Gasteiger partial charge in [0.15, 0.2) is 11.8 Å². The highest BCUT2D eigenvalue weighted by Crippen LogP contribution is 1.94. The summed E-state index contributed by atoms with van der Waals surface area (Å²) >= 11 is 5.41. The molecule has 0 saturated carbocycles. The number of alkyl halides is 1. The van der Waals surface area contributed by atoms with E-state index in [0.29, 0.717) is 0 Å². The fraction of sp³-hybridized carbons (Fsp3) is 0.667. The third-order valence-corrected chi connectivity index (χ3v) is 0.607. The maximum atomic E-state index is 5.41. The van der Waals surface area contributed by atoms with Gasteiger partial charge >= 0.3 is 0 Å². The lowest BCUT2D eigenvalue weighted by Crippen LogP contribution is -1.90. The molecule has 0 aliphatic heterocycles. The highest BCUT2D eigenvalue weighted by molar-refractivity contribution is 6.19. The first kappa shape index (κ1) is 7.83. The monoisotopic (exact) mass is 133 g/mol. The van der Waals surface area contributed by atoms with Crippen LogP contribution in [0.3, 0.4) is 0 Å². The Morgan fingerprint density at radius 1 is 1.88 bits per heavy atom. The van der Waals surface area contributed by atoms with Crippen molar-refractivity contribution < 1.29 is 4.74 Å². The topological polar surface area (TPSA) is 9.23 Å². The van der Waals surface area contributed by atoms with E-state index < -0.39 is 0 Å². The predicted molar refractivity (Wildman–Crippen MR) is 34.5 cm³/mol. The molecule has 0 fully saturated rings. The molecule has 0 aromatic heterocycles. The van der Waals surface area contributed by atoms with Gasteiger partial charge < -0.3 is 4.74 Å². The van der Waals surface area contributed by atoms with E-state index in [1.54, 1.807) is 13.0 Å². The van der Waals surface area contributed by atoms with Crippen molar-refractivity contribution in [2.24, 2.45) is 0 Å². The lowest BCUT2D eigenvalue weighted by Gasteiger charge is -1.97. The Balaban J connectivity index is 3.03. The van der Waals surface area contributed by atoms with Crippen LogP contribution in [-0.2, 0) is 4.74 Å². The standard InChI is InChI=1S/C6H10ClO/c1-3-4-5-8-6(2)7/h4,6H,3H2,1-2H3. The summed E-state index contributed by atoms with van der Waals surface area (Å²) in [7, 11) is 0. The van der Waals surface area contributed by atoms with Crippen molar-refractivity contribution in [1.29, 1.82) is 0 Å². The summed E-state index contributed by atoms with van der Waals surface area (Å²) < 4.78 is 4.74. The molecule has 0 bridgehead atoms. The first-order valence-corrected chi connectivity index (χ1v) is 3.08. The van der Waals surface area contributed by atoms with E-state index in [1.807, 2.05) is 6.92 Å². The molecule has 8 heavy (non-hydrogen) atoms. The van der Waals surface area contributed by atoms with Crippen molar-refractivity contribution in [3.63, 3.8) is 0 Å². The molecule has 0 spiro atoms. The van der Waals surface area contributed by atoms with E-state index in [9.17, 15) is 0 Å². The first-order chi connectivity index (χ1) is 3.77. The minimum atomic E-state index is -0.266. The zero-order chi connectivity index (χ0) is 6.41. The second kappa shape index (κ2) is 4.98. The lowest BCUT2D eigenvalue weighted by molar-refractivity contribution is 0.211. The Morgan fingerprint density at radius 3 is 2.88 bits per heavy atom. The van der Waals surface area contributed by atoms with E-state index in [-0.39, 0.29) is 5.56 Å². The molecule has 0 N–H and O–H groups in total. The van der Waals surface area contributed by atoms with E-state index in [1.165, 1.54) is 0 Å². The molecule has 1 radical (unpaired) electrons. The maximum Gasteiger partial charge on any atom is 0.169 e. The third-order valence-electron chi connectivity index (χ3n) is 0.518. The van der Waals surface area contributed by atoms with Gasteiger partial charge in [-0.1, -0.05) is 18.5 Å². The third kappa shape index (κ3) is 5.83. The minimum absolute atomic E-state index is 0.266. The van der Waals surface area contributed by atoms with Gasteiger partial charge in [0.05, 0.1) is 0 Å². The largest absolute Gasteiger partial charge is 0.471 e. The summed E-state index contributed by atoms with van der Waals surface area (Å²) in [6, 6.07) is 0. The van der Waals surface area contributed by atoms with Crippen molar-refractivity contribution in [3.8, 4) is 0 Å². The molecule has 0 aliphatic carbocycles. The number of halogens is 1. The molecular formula is C6H10ClO. The molecule has 0 rings (SSSR count). The van der Waals surface area contributed by atoms with Crippen LogP contribution in [0.4, 0.5) is 0 Å². The average Bonchev–Trinajstić information content (AvgIpc) is 1.66. The van der Waals surface area contributed by atoms with E-state index >= 15 is 0 Å². The molecule has 47 valence electrons. The molecule has 1 atom stereocenters. The molecule has 0 amide bonds. The highest BCUT2D eigenvalue weighted by atomic mass is 35.5. The molecule has 0 aromatic rings. The van der Waals surface area contributed by atoms with E-state index in [2.05, 4.69) is 6.26 Å². The van der Waals surface area contributed by atoms with Gasteiger partial charge in [0, 0.05) is 0 Å².